The number of allylic oxidation sites excluding steroid dienone is 1. The summed E-state index contributed by atoms with van der Waals surface area (Å²) >= 11 is 0. The van der Waals surface area contributed by atoms with Crippen LogP contribution >= 0.6 is 0 Å². The van der Waals surface area contributed by atoms with Crippen LogP contribution in [0.4, 0.5) is 0 Å². The molecule has 4 fully saturated rings. The van der Waals surface area contributed by atoms with Gasteiger partial charge in [-0.15, -0.1) is 6.58 Å². The van der Waals surface area contributed by atoms with Crippen LogP contribution in [0.1, 0.15) is 97.8 Å². The summed E-state index contributed by atoms with van der Waals surface area (Å²) in [7, 11) is 0. The van der Waals surface area contributed by atoms with E-state index in [0.717, 1.165) is 35.5 Å². The van der Waals surface area contributed by atoms with Gasteiger partial charge in [0.1, 0.15) is 0 Å². The normalized spacial score (nSPS) is 52.1. The van der Waals surface area contributed by atoms with Gasteiger partial charge in [-0.3, -0.25) is 0 Å². The second-order valence-electron chi connectivity index (χ2n) is 10.8. The molecule has 8 atom stereocenters. The highest BCUT2D eigenvalue weighted by atomic mass is 14.6. The monoisotopic (exact) mass is 342 g/mol. The Labute approximate surface area is 157 Å². The minimum absolute atomic E-state index is 0.515. The maximum Gasteiger partial charge on any atom is -0.00616 e. The van der Waals surface area contributed by atoms with Gasteiger partial charge in [-0.25, -0.2) is 0 Å². The third-order valence-corrected chi connectivity index (χ3v) is 9.98. The minimum atomic E-state index is 0.515. The molecule has 0 bridgehead atoms. The van der Waals surface area contributed by atoms with E-state index in [1.54, 1.807) is 6.42 Å². The molecule has 7 unspecified atom stereocenters. The van der Waals surface area contributed by atoms with Gasteiger partial charge in [-0.2, -0.15) is 0 Å². The molecule has 0 saturated heterocycles. The second kappa shape index (κ2) is 6.72. The highest BCUT2D eigenvalue weighted by Crippen LogP contribution is 2.68. The van der Waals surface area contributed by atoms with Gasteiger partial charge in [0.25, 0.3) is 0 Å². The fraction of sp³-hybridized carbons (Fsp3) is 0.920. The molecule has 4 aliphatic carbocycles. The molecular weight excluding hydrogens is 300 g/mol. The summed E-state index contributed by atoms with van der Waals surface area (Å²) in [6, 6.07) is 0. The van der Waals surface area contributed by atoms with E-state index in [0.29, 0.717) is 10.8 Å². The molecule has 0 aliphatic heterocycles. The predicted molar refractivity (Wildman–Crippen MR) is 108 cm³/mol. The van der Waals surface area contributed by atoms with Crippen LogP contribution in [-0.2, 0) is 0 Å². The van der Waals surface area contributed by atoms with Crippen LogP contribution in [0.2, 0.25) is 0 Å². The van der Waals surface area contributed by atoms with Gasteiger partial charge in [0.05, 0.1) is 0 Å². The standard InChI is InChI=1S/C25H42/c1-5-7-8-19-10-12-23-21-11-9-20-17-18(3)13-15-24(20,4)22(21)14-16-25(19,23)6-2/h6,18-23H,2,5,7-17H2,1,3-4H3/t18-,19?,20?,21?,22?,23?,24?,25?/m1/s1. The molecule has 0 N–H and O–H groups in total. The molecule has 0 heterocycles. The third-order valence-electron chi connectivity index (χ3n) is 9.98. The van der Waals surface area contributed by atoms with Crippen molar-refractivity contribution in [1.82, 2.24) is 0 Å². The van der Waals surface area contributed by atoms with E-state index in [4.69, 9.17) is 0 Å². The summed E-state index contributed by atoms with van der Waals surface area (Å²) in [5.41, 5.74) is 1.19. The molecule has 0 heteroatoms. The van der Waals surface area contributed by atoms with Crippen molar-refractivity contribution in [3.63, 3.8) is 0 Å². The van der Waals surface area contributed by atoms with Gasteiger partial charge in [-0.1, -0.05) is 46.1 Å². The van der Waals surface area contributed by atoms with Gasteiger partial charge in [0.2, 0.25) is 0 Å². The molecule has 25 heavy (non-hydrogen) atoms. The lowest BCUT2D eigenvalue weighted by atomic mass is 9.44. The number of hydrogen-bond donors (Lipinski definition) is 0. The molecule has 0 aromatic carbocycles. The van der Waals surface area contributed by atoms with Gasteiger partial charge in [0.15, 0.2) is 0 Å². The van der Waals surface area contributed by atoms with E-state index in [9.17, 15) is 0 Å². The molecule has 0 spiro atoms. The molecule has 142 valence electrons. The highest BCUT2D eigenvalue weighted by Gasteiger charge is 2.60. The van der Waals surface area contributed by atoms with Gasteiger partial charge in [0, 0.05) is 0 Å². The summed E-state index contributed by atoms with van der Waals surface area (Å²) in [5.74, 6) is 5.99. The number of rotatable bonds is 4. The zero-order valence-corrected chi connectivity index (χ0v) is 17.2. The molecule has 0 amide bonds. The number of unbranched alkanes of at least 4 members (excludes halogenated alkanes) is 1. The maximum atomic E-state index is 4.42. The lowest BCUT2D eigenvalue weighted by molar-refractivity contribution is -0.110. The molecule has 0 aromatic heterocycles. The third kappa shape index (κ3) is 2.68. The topological polar surface area (TPSA) is 0 Å². The van der Waals surface area contributed by atoms with Crippen molar-refractivity contribution in [2.45, 2.75) is 97.8 Å². The lowest BCUT2D eigenvalue weighted by Gasteiger charge is -2.61. The Balaban J connectivity index is 1.58. The summed E-state index contributed by atoms with van der Waals surface area (Å²) in [6.07, 6.45) is 20.3. The van der Waals surface area contributed by atoms with E-state index in [-0.39, 0.29) is 0 Å². The summed E-state index contributed by atoms with van der Waals surface area (Å²) in [5, 5.41) is 0. The Bertz CT molecular complexity index is 492. The van der Waals surface area contributed by atoms with Crippen LogP contribution in [0, 0.1) is 46.3 Å². The molecule has 4 aliphatic rings. The summed E-state index contributed by atoms with van der Waals surface area (Å²) < 4.78 is 0. The average molecular weight is 343 g/mol. The Morgan fingerprint density at radius 2 is 1.84 bits per heavy atom. The Hall–Kier alpha value is -0.260. The zero-order chi connectivity index (χ0) is 17.7. The first-order chi connectivity index (χ1) is 12.0. The fourth-order valence-electron chi connectivity index (χ4n) is 8.59. The Morgan fingerprint density at radius 1 is 1.00 bits per heavy atom. The number of hydrogen-bond acceptors (Lipinski definition) is 0. The predicted octanol–water partition coefficient (Wildman–Crippen LogP) is 7.64. The van der Waals surface area contributed by atoms with E-state index in [1.165, 1.54) is 70.6 Å². The first kappa shape index (κ1) is 18.1. The zero-order valence-electron chi connectivity index (χ0n) is 17.2. The van der Waals surface area contributed by atoms with Crippen LogP contribution in [0.25, 0.3) is 0 Å². The summed E-state index contributed by atoms with van der Waals surface area (Å²) in [6.45, 7) is 12.0. The van der Waals surface area contributed by atoms with Crippen molar-refractivity contribution in [2.24, 2.45) is 46.3 Å². The van der Waals surface area contributed by atoms with Crippen molar-refractivity contribution in [1.29, 1.82) is 0 Å². The average Bonchev–Trinajstić information content (AvgIpc) is 2.99. The first-order valence-corrected chi connectivity index (χ1v) is 11.7. The molecular formula is C25H42. The molecule has 0 nitrogen and oxygen atoms in total. The largest absolute Gasteiger partial charge is 0.103 e. The van der Waals surface area contributed by atoms with E-state index in [2.05, 4.69) is 33.4 Å². The quantitative estimate of drug-likeness (QED) is 0.460. The van der Waals surface area contributed by atoms with Crippen LogP contribution in [-0.4, -0.2) is 0 Å². The highest BCUT2D eigenvalue weighted by molar-refractivity contribution is 5.15. The van der Waals surface area contributed by atoms with E-state index >= 15 is 0 Å². The molecule has 4 saturated carbocycles. The van der Waals surface area contributed by atoms with Crippen molar-refractivity contribution in [3.05, 3.63) is 12.7 Å². The van der Waals surface area contributed by atoms with Crippen LogP contribution in [0.5, 0.6) is 0 Å². The van der Waals surface area contributed by atoms with E-state index in [1.807, 2.05) is 0 Å². The molecule has 0 radical (unpaired) electrons. The van der Waals surface area contributed by atoms with Gasteiger partial charge >= 0.3 is 0 Å². The second-order valence-corrected chi connectivity index (χ2v) is 10.8. The van der Waals surface area contributed by atoms with E-state index < -0.39 is 0 Å². The van der Waals surface area contributed by atoms with Crippen LogP contribution in [0.15, 0.2) is 12.7 Å². The van der Waals surface area contributed by atoms with Gasteiger partial charge in [-0.05, 0) is 104 Å². The van der Waals surface area contributed by atoms with Crippen LogP contribution in [0.3, 0.4) is 0 Å². The fourth-order valence-corrected chi connectivity index (χ4v) is 8.59. The van der Waals surface area contributed by atoms with Crippen molar-refractivity contribution >= 4 is 0 Å². The maximum absolute atomic E-state index is 4.42. The lowest BCUT2D eigenvalue weighted by Crippen LogP contribution is -2.53. The summed E-state index contributed by atoms with van der Waals surface area (Å²) in [4.78, 5) is 0. The molecule has 4 rings (SSSR count). The van der Waals surface area contributed by atoms with Gasteiger partial charge < -0.3 is 0 Å². The first-order valence-electron chi connectivity index (χ1n) is 11.7. The SMILES string of the molecule is C=CC12CCC3C(CCC4C[C@H](C)CCC43C)C1CCC2CCCC. The van der Waals surface area contributed by atoms with Crippen LogP contribution < -0.4 is 0 Å². The molecule has 0 aromatic rings. The van der Waals surface area contributed by atoms with Crippen molar-refractivity contribution < 1.29 is 0 Å². The van der Waals surface area contributed by atoms with Crippen molar-refractivity contribution in [2.75, 3.05) is 0 Å². The Kier molecular flexibility index (Phi) is 4.87. The van der Waals surface area contributed by atoms with Crippen molar-refractivity contribution in [3.8, 4) is 0 Å². The smallest absolute Gasteiger partial charge is 0.00616 e. The number of fused-ring (bicyclic) bond motifs is 5. The Morgan fingerprint density at radius 3 is 2.60 bits per heavy atom. The minimum Gasteiger partial charge on any atom is -0.103 e.